The van der Waals surface area contributed by atoms with Crippen molar-refractivity contribution in [1.29, 1.82) is 0 Å². The summed E-state index contributed by atoms with van der Waals surface area (Å²) in [6.07, 6.45) is 3.53. The van der Waals surface area contributed by atoms with Gasteiger partial charge in [0.15, 0.2) is 9.84 Å². The summed E-state index contributed by atoms with van der Waals surface area (Å²) in [6.45, 7) is 6.75. The third-order valence-corrected chi connectivity index (χ3v) is 6.18. The molecule has 2 N–H and O–H groups in total. The lowest BCUT2D eigenvalue weighted by Crippen LogP contribution is -2.43. The van der Waals surface area contributed by atoms with Gasteiger partial charge in [0.25, 0.3) is 0 Å². The summed E-state index contributed by atoms with van der Waals surface area (Å²) in [6, 6.07) is 0. The number of rotatable bonds is 4. The maximum atomic E-state index is 12.2. The van der Waals surface area contributed by atoms with Gasteiger partial charge in [-0.2, -0.15) is 0 Å². The van der Waals surface area contributed by atoms with E-state index in [2.05, 4.69) is 13.8 Å². The molecular weight excluding hydrogens is 222 g/mol. The second kappa shape index (κ2) is 5.05. The minimum atomic E-state index is -2.95. The summed E-state index contributed by atoms with van der Waals surface area (Å²) in [7, 11) is -2.95. The molecule has 2 unspecified atom stereocenters. The zero-order valence-corrected chi connectivity index (χ0v) is 11.5. The molecule has 2 atom stereocenters. The van der Waals surface area contributed by atoms with Gasteiger partial charge in [-0.3, -0.25) is 0 Å². The highest BCUT2D eigenvalue weighted by molar-refractivity contribution is 7.92. The molecule has 1 aliphatic carbocycles. The van der Waals surface area contributed by atoms with Crippen LogP contribution in [0.25, 0.3) is 0 Å². The van der Waals surface area contributed by atoms with Crippen LogP contribution in [0.5, 0.6) is 0 Å². The SMILES string of the molecule is CCCS(=O)(=O)C1CC(C)(C)CCC1CN. The van der Waals surface area contributed by atoms with Gasteiger partial charge < -0.3 is 5.73 Å². The monoisotopic (exact) mass is 247 g/mol. The Labute approximate surface area is 99.7 Å². The third-order valence-electron chi connectivity index (χ3n) is 3.72. The van der Waals surface area contributed by atoms with Gasteiger partial charge in [-0.05, 0) is 43.6 Å². The Morgan fingerprint density at radius 3 is 2.50 bits per heavy atom. The Morgan fingerprint density at radius 2 is 2.00 bits per heavy atom. The average Bonchev–Trinajstić information content (AvgIpc) is 2.16. The molecule has 0 bridgehead atoms. The van der Waals surface area contributed by atoms with E-state index in [-0.39, 0.29) is 16.6 Å². The largest absolute Gasteiger partial charge is 0.330 e. The minimum Gasteiger partial charge on any atom is -0.330 e. The molecule has 0 aromatic rings. The molecule has 1 rings (SSSR count). The molecule has 0 aliphatic heterocycles. The first-order chi connectivity index (χ1) is 7.32. The molecular formula is C12H25NO2S. The number of nitrogens with two attached hydrogens (primary N) is 1. The predicted molar refractivity (Wildman–Crippen MR) is 68.0 cm³/mol. The van der Waals surface area contributed by atoms with Gasteiger partial charge >= 0.3 is 0 Å². The fourth-order valence-electron chi connectivity index (χ4n) is 2.70. The maximum absolute atomic E-state index is 12.2. The third kappa shape index (κ3) is 3.20. The van der Waals surface area contributed by atoms with E-state index in [1.54, 1.807) is 0 Å². The molecule has 0 saturated heterocycles. The summed E-state index contributed by atoms with van der Waals surface area (Å²) in [4.78, 5) is 0. The Morgan fingerprint density at radius 1 is 1.38 bits per heavy atom. The van der Waals surface area contributed by atoms with Gasteiger partial charge in [-0.25, -0.2) is 8.42 Å². The molecule has 0 amide bonds. The molecule has 0 aromatic carbocycles. The van der Waals surface area contributed by atoms with Crippen LogP contribution in [-0.4, -0.2) is 26.0 Å². The molecule has 4 heteroatoms. The quantitative estimate of drug-likeness (QED) is 0.826. The van der Waals surface area contributed by atoms with Crippen LogP contribution in [0.15, 0.2) is 0 Å². The van der Waals surface area contributed by atoms with E-state index in [0.717, 1.165) is 19.3 Å². The molecule has 3 nitrogen and oxygen atoms in total. The van der Waals surface area contributed by atoms with Crippen LogP contribution < -0.4 is 5.73 Å². The van der Waals surface area contributed by atoms with Crippen molar-refractivity contribution in [3.05, 3.63) is 0 Å². The van der Waals surface area contributed by atoms with Crippen LogP contribution in [0.4, 0.5) is 0 Å². The fourth-order valence-corrected chi connectivity index (χ4v) is 5.11. The first-order valence-electron chi connectivity index (χ1n) is 6.24. The van der Waals surface area contributed by atoms with Gasteiger partial charge in [0.2, 0.25) is 0 Å². The van der Waals surface area contributed by atoms with Crippen molar-refractivity contribution in [2.45, 2.75) is 51.7 Å². The van der Waals surface area contributed by atoms with Crippen LogP contribution in [0.3, 0.4) is 0 Å². The number of hydrogen-bond acceptors (Lipinski definition) is 3. The summed E-state index contributed by atoms with van der Waals surface area (Å²) in [5, 5.41) is -0.207. The van der Waals surface area contributed by atoms with E-state index in [1.165, 1.54) is 0 Å². The zero-order chi connectivity index (χ0) is 12.4. The Kier molecular flexibility index (Phi) is 4.41. The summed E-state index contributed by atoms with van der Waals surface area (Å²) < 4.78 is 24.4. The van der Waals surface area contributed by atoms with Crippen molar-refractivity contribution in [1.82, 2.24) is 0 Å². The fraction of sp³-hybridized carbons (Fsp3) is 1.00. The van der Waals surface area contributed by atoms with E-state index >= 15 is 0 Å². The van der Waals surface area contributed by atoms with E-state index in [1.807, 2.05) is 6.92 Å². The van der Waals surface area contributed by atoms with Gasteiger partial charge in [-0.15, -0.1) is 0 Å². The highest BCUT2D eigenvalue weighted by Gasteiger charge is 2.40. The molecule has 0 aromatic heterocycles. The van der Waals surface area contributed by atoms with Crippen molar-refractivity contribution in [2.75, 3.05) is 12.3 Å². The van der Waals surface area contributed by atoms with Gasteiger partial charge in [0, 0.05) is 0 Å². The van der Waals surface area contributed by atoms with Crippen molar-refractivity contribution < 1.29 is 8.42 Å². The molecule has 0 radical (unpaired) electrons. The Balaban J connectivity index is 2.88. The molecule has 1 fully saturated rings. The Bertz CT molecular complexity index is 322. The van der Waals surface area contributed by atoms with Crippen LogP contribution in [0.2, 0.25) is 0 Å². The van der Waals surface area contributed by atoms with E-state index < -0.39 is 9.84 Å². The van der Waals surface area contributed by atoms with Crippen LogP contribution in [-0.2, 0) is 9.84 Å². The summed E-state index contributed by atoms with van der Waals surface area (Å²) in [5.41, 5.74) is 5.86. The molecule has 1 saturated carbocycles. The lowest BCUT2D eigenvalue weighted by Gasteiger charge is -2.39. The standard InChI is InChI=1S/C12H25NO2S/c1-4-7-16(14,15)11-8-12(2,3)6-5-10(11)9-13/h10-11H,4-9,13H2,1-3H3. The smallest absolute Gasteiger partial charge is 0.153 e. The van der Waals surface area contributed by atoms with Gasteiger partial charge in [0.05, 0.1) is 11.0 Å². The van der Waals surface area contributed by atoms with Crippen molar-refractivity contribution in [2.24, 2.45) is 17.1 Å². The highest BCUT2D eigenvalue weighted by atomic mass is 32.2. The number of sulfone groups is 1. The first-order valence-corrected chi connectivity index (χ1v) is 7.95. The minimum absolute atomic E-state index is 0.150. The predicted octanol–water partition coefficient (Wildman–Crippen LogP) is 1.96. The normalized spacial score (nSPS) is 30.2. The van der Waals surface area contributed by atoms with Crippen molar-refractivity contribution in [3.63, 3.8) is 0 Å². The average molecular weight is 247 g/mol. The van der Waals surface area contributed by atoms with Gasteiger partial charge in [-0.1, -0.05) is 20.8 Å². The second-order valence-electron chi connectivity index (χ2n) is 5.81. The molecule has 16 heavy (non-hydrogen) atoms. The van der Waals surface area contributed by atoms with Crippen LogP contribution >= 0.6 is 0 Å². The molecule has 0 heterocycles. The van der Waals surface area contributed by atoms with Gasteiger partial charge in [0.1, 0.15) is 0 Å². The summed E-state index contributed by atoms with van der Waals surface area (Å²) >= 11 is 0. The summed E-state index contributed by atoms with van der Waals surface area (Å²) in [5.74, 6) is 0.481. The second-order valence-corrected chi connectivity index (χ2v) is 8.15. The molecule has 1 aliphatic rings. The first kappa shape index (κ1) is 14.0. The van der Waals surface area contributed by atoms with Crippen molar-refractivity contribution in [3.8, 4) is 0 Å². The lowest BCUT2D eigenvalue weighted by atomic mass is 9.73. The lowest BCUT2D eigenvalue weighted by molar-refractivity contribution is 0.197. The van der Waals surface area contributed by atoms with E-state index in [9.17, 15) is 8.42 Å². The number of hydrogen-bond donors (Lipinski definition) is 1. The topological polar surface area (TPSA) is 60.2 Å². The zero-order valence-electron chi connectivity index (χ0n) is 10.7. The van der Waals surface area contributed by atoms with E-state index in [4.69, 9.17) is 5.73 Å². The van der Waals surface area contributed by atoms with Crippen LogP contribution in [0.1, 0.15) is 46.5 Å². The molecule has 96 valence electrons. The Hall–Kier alpha value is -0.0900. The van der Waals surface area contributed by atoms with Crippen molar-refractivity contribution >= 4 is 9.84 Å². The maximum Gasteiger partial charge on any atom is 0.153 e. The highest BCUT2D eigenvalue weighted by Crippen LogP contribution is 2.41. The molecule has 0 spiro atoms. The van der Waals surface area contributed by atoms with Crippen LogP contribution in [0, 0.1) is 11.3 Å². The van der Waals surface area contributed by atoms with E-state index in [0.29, 0.717) is 18.7 Å².